The number of aromatic amines is 1. The van der Waals surface area contributed by atoms with E-state index in [1.807, 2.05) is 54.6 Å². The van der Waals surface area contributed by atoms with Gasteiger partial charge in [-0.3, -0.25) is 14.8 Å². The molecular formula is C18H14N4O2S. The van der Waals surface area contributed by atoms with Crippen LogP contribution in [0.1, 0.15) is 0 Å². The summed E-state index contributed by atoms with van der Waals surface area (Å²) in [5.41, 5.74) is 1.81. The molecule has 2 aromatic carbocycles. The lowest BCUT2D eigenvalue weighted by molar-refractivity contribution is 0.414. The molecule has 2 N–H and O–H groups in total. The van der Waals surface area contributed by atoms with Crippen molar-refractivity contribution in [1.29, 1.82) is 5.41 Å². The molecule has 0 bridgehead atoms. The monoisotopic (exact) mass is 350 g/mol. The molecule has 7 heteroatoms. The van der Waals surface area contributed by atoms with Gasteiger partial charge in [-0.1, -0.05) is 41.7 Å². The lowest BCUT2D eigenvalue weighted by Gasteiger charge is -2.07. The molecule has 2 aromatic heterocycles. The van der Waals surface area contributed by atoms with Gasteiger partial charge in [0.05, 0.1) is 12.8 Å². The van der Waals surface area contributed by atoms with Crippen LogP contribution in [0, 0.1) is 5.41 Å². The Morgan fingerprint density at radius 2 is 1.84 bits per heavy atom. The lowest BCUT2D eigenvalue weighted by atomic mass is 10.2. The maximum atomic E-state index is 12.5. The molecule has 0 saturated heterocycles. The van der Waals surface area contributed by atoms with Gasteiger partial charge in [0.1, 0.15) is 16.3 Å². The van der Waals surface area contributed by atoms with Crippen LogP contribution in [0.25, 0.3) is 27.4 Å². The average Bonchev–Trinajstić information content (AvgIpc) is 2.99. The smallest absolute Gasteiger partial charge is 0.270 e. The van der Waals surface area contributed by atoms with Crippen molar-refractivity contribution in [3.8, 4) is 22.8 Å². The normalized spacial score (nSPS) is 10.9. The van der Waals surface area contributed by atoms with Crippen LogP contribution in [0.4, 0.5) is 0 Å². The molecule has 0 aliphatic carbocycles. The Labute approximate surface area is 146 Å². The predicted octanol–water partition coefficient (Wildman–Crippen LogP) is 2.93. The van der Waals surface area contributed by atoms with Crippen LogP contribution >= 0.6 is 11.3 Å². The number of methoxy groups -OCH3 is 1. The summed E-state index contributed by atoms with van der Waals surface area (Å²) >= 11 is 1.11. The first-order valence-corrected chi connectivity index (χ1v) is 8.39. The van der Waals surface area contributed by atoms with Gasteiger partial charge >= 0.3 is 0 Å². The van der Waals surface area contributed by atoms with Gasteiger partial charge in [-0.15, -0.1) is 0 Å². The zero-order valence-corrected chi connectivity index (χ0v) is 14.1. The fourth-order valence-corrected chi connectivity index (χ4v) is 3.48. The van der Waals surface area contributed by atoms with Crippen molar-refractivity contribution in [1.82, 2.24) is 14.5 Å². The van der Waals surface area contributed by atoms with Gasteiger partial charge in [0.15, 0.2) is 10.4 Å². The molecule has 4 rings (SSSR count). The van der Waals surface area contributed by atoms with Crippen LogP contribution in [0.15, 0.2) is 59.4 Å². The van der Waals surface area contributed by atoms with Gasteiger partial charge in [-0.2, -0.15) is 0 Å². The molecule has 0 spiro atoms. The number of nitrogens with zero attached hydrogens (tertiary/aromatic N) is 2. The lowest BCUT2D eigenvalue weighted by Crippen LogP contribution is -2.13. The standard InChI is InChI=1S/C18H14N4O2S/c1-24-13-9-7-12(8-10-13)22-16-14(25-18(22)19)17(23)21-15(20-16)11-5-3-2-4-6-11/h2-10,19H,1H3,(H,20,21,23). The van der Waals surface area contributed by atoms with Crippen molar-refractivity contribution in [3.05, 3.63) is 69.8 Å². The number of ether oxygens (including phenoxy) is 1. The largest absolute Gasteiger partial charge is 0.497 e. The zero-order chi connectivity index (χ0) is 17.4. The number of fused-ring (bicyclic) bond motifs is 1. The molecule has 124 valence electrons. The SMILES string of the molecule is COc1ccc(-n2c(=N)sc3c(=O)[nH]c(-c4ccccc4)nc32)cc1. The zero-order valence-electron chi connectivity index (χ0n) is 13.3. The molecule has 0 radical (unpaired) electrons. The van der Waals surface area contributed by atoms with Crippen LogP contribution in [-0.4, -0.2) is 21.6 Å². The maximum absolute atomic E-state index is 12.5. The molecule has 0 aliphatic rings. The van der Waals surface area contributed by atoms with Gasteiger partial charge < -0.3 is 9.72 Å². The Bertz CT molecular complexity index is 1160. The molecule has 0 aliphatic heterocycles. The van der Waals surface area contributed by atoms with E-state index in [4.69, 9.17) is 10.1 Å². The van der Waals surface area contributed by atoms with Gasteiger partial charge in [-0.05, 0) is 24.3 Å². The number of benzene rings is 2. The van der Waals surface area contributed by atoms with Crippen molar-refractivity contribution in [2.45, 2.75) is 0 Å². The minimum Gasteiger partial charge on any atom is -0.497 e. The third-order valence-corrected chi connectivity index (χ3v) is 4.80. The van der Waals surface area contributed by atoms with Gasteiger partial charge in [0.2, 0.25) is 0 Å². The van der Waals surface area contributed by atoms with Crippen LogP contribution in [0.2, 0.25) is 0 Å². The van der Waals surface area contributed by atoms with Gasteiger partial charge in [0.25, 0.3) is 5.56 Å². The second-order valence-electron chi connectivity index (χ2n) is 5.37. The Morgan fingerprint density at radius 3 is 2.52 bits per heavy atom. The summed E-state index contributed by atoms with van der Waals surface area (Å²) in [7, 11) is 1.60. The second kappa shape index (κ2) is 6.03. The van der Waals surface area contributed by atoms with Crippen molar-refractivity contribution < 1.29 is 4.74 Å². The summed E-state index contributed by atoms with van der Waals surface area (Å²) in [6.07, 6.45) is 0. The summed E-state index contributed by atoms with van der Waals surface area (Å²) in [6, 6.07) is 16.8. The average molecular weight is 350 g/mol. The molecule has 25 heavy (non-hydrogen) atoms. The van der Waals surface area contributed by atoms with Crippen molar-refractivity contribution in [2.75, 3.05) is 7.11 Å². The predicted molar refractivity (Wildman–Crippen MR) is 97.4 cm³/mol. The third kappa shape index (κ3) is 2.64. The highest BCUT2D eigenvalue weighted by Crippen LogP contribution is 2.21. The van der Waals surface area contributed by atoms with Crippen LogP contribution < -0.4 is 15.1 Å². The molecule has 0 unspecified atom stereocenters. The fourth-order valence-electron chi connectivity index (χ4n) is 2.64. The van der Waals surface area contributed by atoms with E-state index in [9.17, 15) is 4.79 Å². The summed E-state index contributed by atoms with van der Waals surface area (Å²) in [6.45, 7) is 0. The Balaban J connectivity index is 1.98. The number of rotatable bonds is 3. The van der Waals surface area contributed by atoms with Crippen molar-refractivity contribution in [2.24, 2.45) is 0 Å². The maximum Gasteiger partial charge on any atom is 0.270 e. The molecular weight excluding hydrogens is 336 g/mol. The minimum absolute atomic E-state index is 0.239. The highest BCUT2D eigenvalue weighted by atomic mass is 32.1. The first kappa shape index (κ1) is 15.3. The molecule has 0 amide bonds. The number of thiazole rings is 1. The first-order chi connectivity index (χ1) is 12.2. The minimum atomic E-state index is -0.241. The highest BCUT2D eigenvalue weighted by molar-refractivity contribution is 7.16. The van der Waals surface area contributed by atoms with E-state index in [1.54, 1.807) is 11.7 Å². The fraction of sp³-hybridized carbons (Fsp3) is 0.0556. The van der Waals surface area contributed by atoms with E-state index < -0.39 is 0 Å². The first-order valence-electron chi connectivity index (χ1n) is 7.57. The quantitative estimate of drug-likeness (QED) is 0.596. The van der Waals surface area contributed by atoms with E-state index in [1.165, 1.54) is 0 Å². The van der Waals surface area contributed by atoms with E-state index in [0.29, 0.717) is 16.2 Å². The topological polar surface area (TPSA) is 83.8 Å². The molecule has 6 nitrogen and oxygen atoms in total. The van der Waals surface area contributed by atoms with E-state index in [2.05, 4.69) is 9.97 Å². The van der Waals surface area contributed by atoms with Crippen LogP contribution in [0.3, 0.4) is 0 Å². The Kier molecular flexibility index (Phi) is 3.70. The summed E-state index contributed by atoms with van der Waals surface area (Å²) < 4.78 is 7.27. The van der Waals surface area contributed by atoms with Gasteiger partial charge in [0, 0.05) is 5.56 Å². The number of nitrogens with one attached hydrogen (secondary N) is 2. The molecule has 0 fully saturated rings. The summed E-state index contributed by atoms with van der Waals surface area (Å²) in [5.74, 6) is 1.21. The molecule has 0 saturated carbocycles. The Morgan fingerprint density at radius 1 is 1.12 bits per heavy atom. The number of hydrogen-bond donors (Lipinski definition) is 2. The number of H-pyrrole nitrogens is 1. The highest BCUT2D eigenvalue weighted by Gasteiger charge is 2.14. The number of aromatic nitrogens is 3. The number of hydrogen-bond acceptors (Lipinski definition) is 5. The van der Waals surface area contributed by atoms with Crippen molar-refractivity contribution in [3.63, 3.8) is 0 Å². The Hall–Kier alpha value is -3.19. The van der Waals surface area contributed by atoms with Crippen LogP contribution in [0.5, 0.6) is 5.75 Å². The molecule has 0 atom stereocenters. The van der Waals surface area contributed by atoms with Gasteiger partial charge in [-0.25, -0.2) is 4.98 Å². The van der Waals surface area contributed by atoms with E-state index in [0.717, 1.165) is 28.3 Å². The molecule has 2 heterocycles. The summed E-state index contributed by atoms with van der Waals surface area (Å²) in [4.78, 5) is 20.1. The van der Waals surface area contributed by atoms with E-state index in [-0.39, 0.29) is 10.4 Å². The van der Waals surface area contributed by atoms with Crippen molar-refractivity contribution >= 4 is 21.7 Å². The second-order valence-corrected chi connectivity index (χ2v) is 6.37. The summed E-state index contributed by atoms with van der Waals surface area (Å²) in [5, 5.41) is 8.26. The molecule has 4 aromatic rings. The third-order valence-electron chi connectivity index (χ3n) is 3.85. The van der Waals surface area contributed by atoms with E-state index >= 15 is 0 Å². The van der Waals surface area contributed by atoms with Crippen LogP contribution in [-0.2, 0) is 0 Å².